The Morgan fingerprint density at radius 1 is 1.04 bits per heavy atom. The van der Waals surface area contributed by atoms with Crippen LogP contribution < -0.4 is 4.90 Å². The topological polar surface area (TPSA) is 73.8 Å². The average molecular weight is 378 g/mol. The van der Waals surface area contributed by atoms with Crippen molar-refractivity contribution in [3.8, 4) is 0 Å². The van der Waals surface area contributed by atoms with Crippen molar-refractivity contribution >= 4 is 23.5 Å². The monoisotopic (exact) mass is 378 g/mol. The van der Waals surface area contributed by atoms with E-state index in [1.54, 1.807) is 29.4 Å². The summed E-state index contributed by atoms with van der Waals surface area (Å²) in [6.45, 7) is 1.28. The Balaban J connectivity index is 1.36. The van der Waals surface area contributed by atoms with Crippen LogP contribution in [0.2, 0.25) is 0 Å². The van der Waals surface area contributed by atoms with Crippen LogP contribution in [-0.2, 0) is 16.0 Å². The Hall–Kier alpha value is -3.22. The van der Waals surface area contributed by atoms with Crippen molar-refractivity contribution in [1.29, 1.82) is 0 Å². The third kappa shape index (κ3) is 3.60. The summed E-state index contributed by atoms with van der Waals surface area (Å²) in [4.78, 5) is 46.5. The van der Waals surface area contributed by atoms with Crippen molar-refractivity contribution in [3.63, 3.8) is 0 Å². The smallest absolute Gasteiger partial charge is 0.332 e. The number of nitrogens with zero attached hydrogens (tertiary/aromatic N) is 4. The summed E-state index contributed by atoms with van der Waals surface area (Å²) in [6.07, 6.45) is 5.09. The first-order valence-corrected chi connectivity index (χ1v) is 9.49. The van der Waals surface area contributed by atoms with E-state index in [-0.39, 0.29) is 30.4 Å². The quantitative estimate of drug-likeness (QED) is 0.764. The minimum Gasteiger partial charge on any atom is -0.342 e. The summed E-state index contributed by atoms with van der Waals surface area (Å²) in [5, 5.41) is 0. The SMILES string of the molecule is O=C(Cc1cccnc1)N1CCC(N2CC(=O)N(c3ccccc3)C2=O)CC1. The van der Waals surface area contributed by atoms with Crippen LogP contribution in [0.25, 0.3) is 0 Å². The Morgan fingerprint density at radius 2 is 1.79 bits per heavy atom. The van der Waals surface area contributed by atoms with Crippen molar-refractivity contribution in [2.75, 3.05) is 24.5 Å². The number of para-hydroxylation sites is 1. The zero-order valence-corrected chi connectivity index (χ0v) is 15.5. The average Bonchev–Trinajstić information content (AvgIpc) is 3.03. The second kappa shape index (κ2) is 7.80. The number of imide groups is 1. The first kappa shape index (κ1) is 18.2. The largest absolute Gasteiger partial charge is 0.342 e. The molecular formula is C21H22N4O3. The minimum atomic E-state index is -0.267. The summed E-state index contributed by atoms with van der Waals surface area (Å²) in [7, 11) is 0. The molecule has 0 aliphatic carbocycles. The fourth-order valence-corrected chi connectivity index (χ4v) is 3.85. The van der Waals surface area contributed by atoms with Gasteiger partial charge >= 0.3 is 6.03 Å². The summed E-state index contributed by atoms with van der Waals surface area (Å²) in [6, 6.07) is 12.4. The molecule has 0 bridgehead atoms. The van der Waals surface area contributed by atoms with Gasteiger partial charge in [-0.15, -0.1) is 0 Å². The van der Waals surface area contributed by atoms with Gasteiger partial charge in [0.1, 0.15) is 6.54 Å². The molecule has 1 aromatic carbocycles. The lowest BCUT2D eigenvalue weighted by Gasteiger charge is -2.36. The van der Waals surface area contributed by atoms with Gasteiger partial charge in [0.05, 0.1) is 12.1 Å². The van der Waals surface area contributed by atoms with Crippen molar-refractivity contribution < 1.29 is 14.4 Å². The normalized spacial score (nSPS) is 18.1. The van der Waals surface area contributed by atoms with Gasteiger partial charge in [-0.2, -0.15) is 0 Å². The molecule has 7 nitrogen and oxygen atoms in total. The van der Waals surface area contributed by atoms with E-state index in [9.17, 15) is 14.4 Å². The number of carbonyl (C=O) groups excluding carboxylic acids is 3. The number of hydrogen-bond donors (Lipinski definition) is 0. The number of likely N-dealkylation sites (tertiary alicyclic amines) is 1. The van der Waals surface area contributed by atoms with E-state index < -0.39 is 0 Å². The van der Waals surface area contributed by atoms with Gasteiger partial charge in [-0.3, -0.25) is 14.6 Å². The second-order valence-electron chi connectivity index (χ2n) is 7.13. The van der Waals surface area contributed by atoms with Crippen LogP contribution in [0.3, 0.4) is 0 Å². The Kier molecular flexibility index (Phi) is 5.06. The molecule has 3 heterocycles. The molecule has 144 valence electrons. The van der Waals surface area contributed by atoms with E-state index in [1.165, 1.54) is 4.90 Å². The van der Waals surface area contributed by atoms with E-state index in [0.29, 0.717) is 38.0 Å². The molecule has 4 amide bonds. The molecule has 0 N–H and O–H groups in total. The molecule has 2 saturated heterocycles. The predicted octanol–water partition coefficient (Wildman–Crippen LogP) is 2.08. The highest BCUT2D eigenvalue weighted by Crippen LogP contribution is 2.26. The maximum Gasteiger partial charge on any atom is 0.332 e. The number of aromatic nitrogens is 1. The maximum atomic E-state index is 12.8. The van der Waals surface area contributed by atoms with Gasteiger partial charge in [-0.05, 0) is 36.6 Å². The van der Waals surface area contributed by atoms with Crippen LogP contribution in [0, 0.1) is 0 Å². The molecule has 2 fully saturated rings. The number of piperidine rings is 1. The molecule has 0 spiro atoms. The molecule has 2 aliphatic heterocycles. The number of rotatable bonds is 4. The van der Waals surface area contributed by atoms with Crippen LogP contribution in [-0.4, -0.2) is 58.3 Å². The molecule has 4 rings (SSSR count). The highest BCUT2D eigenvalue weighted by molar-refractivity contribution is 6.19. The van der Waals surface area contributed by atoms with Crippen LogP contribution in [0.4, 0.5) is 10.5 Å². The summed E-state index contributed by atoms with van der Waals surface area (Å²) < 4.78 is 0. The van der Waals surface area contributed by atoms with Crippen LogP contribution in [0.15, 0.2) is 54.9 Å². The fourth-order valence-electron chi connectivity index (χ4n) is 3.85. The number of hydrogen-bond acceptors (Lipinski definition) is 4. The van der Waals surface area contributed by atoms with Crippen LogP contribution in [0.5, 0.6) is 0 Å². The first-order chi connectivity index (χ1) is 13.6. The lowest BCUT2D eigenvalue weighted by atomic mass is 10.0. The van der Waals surface area contributed by atoms with Crippen molar-refractivity contribution in [2.45, 2.75) is 25.3 Å². The van der Waals surface area contributed by atoms with Crippen LogP contribution in [0.1, 0.15) is 18.4 Å². The zero-order chi connectivity index (χ0) is 19.5. The van der Waals surface area contributed by atoms with Gasteiger partial charge in [0.25, 0.3) is 5.91 Å². The second-order valence-corrected chi connectivity index (χ2v) is 7.13. The molecule has 1 aromatic heterocycles. The highest BCUT2D eigenvalue weighted by Gasteiger charge is 2.41. The Morgan fingerprint density at radius 3 is 2.46 bits per heavy atom. The molecule has 0 unspecified atom stereocenters. The first-order valence-electron chi connectivity index (χ1n) is 9.49. The maximum absolute atomic E-state index is 12.8. The van der Waals surface area contributed by atoms with E-state index in [4.69, 9.17) is 0 Å². The number of pyridine rings is 1. The van der Waals surface area contributed by atoms with Crippen molar-refractivity contribution in [3.05, 3.63) is 60.4 Å². The Bertz CT molecular complexity index is 864. The summed E-state index contributed by atoms with van der Waals surface area (Å²) >= 11 is 0. The van der Waals surface area contributed by atoms with Gasteiger partial charge in [0, 0.05) is 31.5 Å². The zero-order valence-electron chi connectivity index (χ0n) is 15.5. The molecule has 28 heavy (non-hydrogen) atoms. The molecule has 2 aliphatic rings. The molecule has 2 aromatic rings. The number of anilines is 1. The standard InChI is InChI=1S/C21H22N4O3/c26-19(13-16-5-4-10-22-14-16)23-11-8-17(9-12-23)24-15-20(27)25(21(24)28)18-6-2-1-3-7-18/h1-7,10,14,17H,8-9,11-13,15H2. The molecule has 7 heteroatoms. The molecule has 0 saturated carbocycles. The molecule has 0 atom stereocenters. The number of amides is 4. The minimum absolute atomic E-state index is 0.0207. The fraction of sp³-hybridized carbons (Fsp3) is 0.333. The molecule has 0 radical (unpaired) electrons. The van der Waals surface area contributed by atoms with Gasteiger partial charge in [-0.25, -0.2) is 9.69 Å². The lowest BCUT2D eigenvalue weighted by Crippen LogP contribution is -2.48. The number of urea groups is 1. The third-order valence-corrected chi connectivity index (χ3v) is 5.34. The molecular weight excluding hydrogens is 356 g/mol. The third-order valence-electron chi connectivity index (χ3n) is 5.34. The summed E-state index contributed by atoms with van der Waals surface area (Å²) in [5.74, 6) is -0.132. The van der Waals surface area contributed by atoms with E-state index >= 15 is 0 Å². The van der Waals surface area contributed by atoms with E-state index in [2.05, 4.69) is 4.98 Å². The number of benzene rings is 1. The highest BCUT2D eigenvalue weighted by atomic mass is 16.2. The number of carbonyl (C=O) groups is 3. The van der Waals surface area contributed by atoms with Crippen molar-refractivity contribution in [1.82, 2.24) is 14.8 Å². The summed E-state index contributed by atoms with van der Waals surface area (Å²) in [5.41, 5.74) is 1.50. The van der Waals surface area contributed by atoms with E-state index in [1.807, 2.05) is 35.2 Å². The van der Waals surface area contributed by atoms with Crippen LogP contribution >= 0.6 is 0 Å². The van der Waals surface area contributed by atoms with E-state index in [0.717, 1.165) is 5.56 Å². The van der Waals surface area contributed by atoms with Gasteiger partial charge in [0.2, 0.25) is 5.91 Å². The van der Waals surface area contributed by atoms with Gasteiger partial charge in [-0.1, -0.05) is 24.3 Å². The van der Waals surface area contributed by atoms with Crippen molar-refractivity contribution in [2.24, 2.45) is 0 Å². The van der Waals surface area contributed by atoms with Gasteiger partial charge < -0.3 is 9.80 Å². The van der Waals surface area contributed by atoms with Gasteiger partial charge in [0.15, 0.2) is 0 Å². The Labute approximate surface area is 163 Å². The lowest BCUT2D eigenvalue weighted by molar-refractivity contribution is -0.132. The predicted molar refractivity (Wildman–Crippen MR) is 104 cm³/mol.